The quantitative estimate of drug-likeness (QED) is 0.799. The highest BCUT2D eigenvalue weighted by Gasteiger charge is 2.14. The Balaban J connectivity index is 2.91. The number of aromatic carboxylic acids is 1. The Morgan fingerprint density at radius 2 is 2.12 bits per heavy atom. The molecule has 0 bridgehead atoms. The number of nitrogens with one attached hydrogen (secondary N) is 1. The molecule has 1 aromatic heterocycles. The minimum absolute atomic E-state index is 0.106. The molecule has 5 nitrogen and oxygen atoms in total. The first-order valence-electron chi connectivity index (χ1n) is 5.47. The summed E-state index contributed by atoms with van der Waals surface area (Å²) < 4.78 is 1.75. The molecule has 1 rings (SSSR count). The Labute approximate surface area is 95.5 Å². The number of carboxylic acid groups (broad SMARTS) is 1. The van der Waals surface area contributed by atoms with E-state index in [1.807, 2.05) is 27.7 Å². The van der Waals surface area contributed by atoms with Crippen LogP contribution in [0.2, 0.25) is 0 Å². The predicted octanol–water partition coefficient (Wildman–Crippen LogP) is 1.66. The monoisotopic (exact) mass is 225 g/mol. The van der Waals surface area contributed by atoms with Crippen molar-refractivity contribution in [1.82, 2.24) is 15.1 Å². The van der Waals surface area contributed by atoms with E-state index in [0.717, 1.165) is 5.69 Å². The summed E-state index contributed by atoms with van der Waals surface area (Å²) in [6, 6.07) is 2.15. The van der Waals surface area contributed by atoms with Crippen molar-refractivity contribution >= 4 is 5.97 Å². The highest BCUT2D eigenvalue weighted by atomic mass is 16.4. The van der Waals surface area contributed by atoms with E-state index in [2.05, 4.69) is 10.4 Å². The third-order valence-electron chi connectivity index (χ3n) is 2.21. The molecule has 0 atom stereocenters. The summed E-state index contributed by atoms with van der Waals surface area (Å²) in [5.41, 5.74) is 1.01. The van der Waals surface area contributed by atoms with Crippen LogP contribution in [0, 0.1) is 0 Å². The average molecular weight is 225 g/mol. The summed E-state index contributed by atoms with van der Waals surface area (Å²) in [4.78, 5) is 10.8. The molecular weight excluding hydrogens is 206 g/mol. The molecular formula is C11H19N3O2. The van der Waals surface area contributed by atoms with Crippen molar-refractivity contribution in [2.24, 2.45) is 0 Å². The molecule has 0 saturated carbocycles. The number of carbonyl (C=O) groups is 1. The second-order valence-corrected chi connectivity index (χ2v) is 4.40. The maximum Gasteiger partial charge on any atom is 0.356 e. The maximum atomic E-state index is 10.8. The first-order chi connectivity index (χ1) is 7.41. The van der Waals surface area contributed by atoms with Crippen LogP contribution in [0.15, 0.2) is 6.07 Å². The van der Waals surface area contributed by atoms with Crippen molar-refractivity contribution in [3.05, 3.63) is 17.5 Å². The summed E-state index contributed by atoms with van der Waals surface area (Å²) in [6.07, 6.45) is 0. The number of aromatic nitrogens is 2. The molecule has 0 fully saturated rings. The summed E-state index contributed by atoms with van der Waals surface area (Å²) in [6.45, 7) is 8.70. The van der Waals surface area contributed by atoms with Gasteiger partial charge in [-0.2, -0.15) is 5.10 Å². The van der Waals surface area contributed by atoms with Crippen LogP contribution in [-0.2, 0) is 6.54 Å². The Bertz CT molecular complexity index is 369. The Kier molecular flexibility index (Phi) is 4.06. The van der Waals surface area contributed by atoms with Gasteiger partial charge in [-0.3, -0.25) is 4.68 Å². The number of nitrogens with zero attached hydrogens (tertiary/aromatic N) is 2. The first-order valence-corrected chi connectivity index (χ1v) is 5.47. The minimum Gasteiger partial charge on any atom is -0.476 e. The van der Waals surface area contributed by atoms with Crippen molar-refractivity contribution in [2.45, 2.75) is 46.3 Å². The van der Waals surface area contributed by atoms with Gasteiger partial charge in [0.2, 0.25) is 0 Å². The van der Waals surface area contributed by atoms with Gasteiger partial charge in [-0.15, -0.1) is 0 Å². The van der Waals surface area contributed by atoms with Crippen molar-refractivity contribution < 1.29 is 9.90 Å². The number of hydrogen-bond donors (Lipinski definition) is 2. The molecule has 0 spiro atoms. The smallest absolute Gasteiger partial charge is 0.356 e. The van der Waals surface area contributed by atoms with Crippen LogP contribution in [0.25, 0.3) is 0 Å². The Hall–Kier alpha value is -1.36. The van der Waals surface area contributed by atoms with Gasteiger partial charge in [0.05, 0.1) is 5.69 Å². The van der Waals surface area contributed by atoms with E-state index in [4.69, 9.17) is 5.11 Å². The van der Waals surface area contributed by atoms with E-state index in [1.165, 1.54) is 0 Å². The summed E-state index contributed by atoms with van der Waals surface area (Å²) in [7, 11) is 0. The van der Waals surface area contributed by atoms with E-state index >= 15 is 0 Å². The third-order valence-corrected chi connectivity index (χ3v) is 2.21. The molecule has 16 heavy (non-hydrogen) atoms. The third kappa shape index (κ3) is 3.06. The van der Waals surface area contributed by atoms with Crippen molar-refractivity contribution in [1.29, 1.82) is 0 Å². The van der Waals surface area contributed by atoms with E-state index in [0.29, 0.717) is 12.6 Å². The molecule has 0 aliphatic carbocycles. The molecule has 0 aliphatic rings. The summed E-state index contributed by atoms with van der Waals surface area (Å²) >= 11 is 0. The molecule has 1 heterocycles. The Morgan fingerprint density at radius 3 is 2.56 bits per heavy atom. The summed E-state index contributed by atoms with van der Waals surface area (Å²) in [5, 5.41) is 16.2. The van der Waals surface area contributed by atoms with E-state index < -0.39 is 5.97 Å². The molecule has 0 saturated heterocycles. The number of carboxylic acids is 1. The van der Waals surface area contributed by atoms with Crippen LogP contribution in [0.1, 0.15) is 49.9 Å². The zero-order valence-corrected chi connectivity index (χ0v) is 10.2. The molecule has 2 N–H and O–H groups in total. The van der Waals surface area contributed by atoms with E-state index in [1.54, 1.807) is 10.7 Å². The number of rotatable bonds is 5. The lowest BCUT2D eigenvalue weighted by Crippen LogP contribution is -2.24. The second-order valence-electron chi connectivity index (χ2n) is 4.40. The fourth-order valence-electron chi connectivity index (χ4n) is 1.43. The van der Waals surface area contributed by atoms with Gasteiger partial charge in [-0.05, 0) is 19.9 Å². The molecule has 0 radical (unpaired) electrons. The van der Waals surface area contributed by atoms with Gasteiger partial charge >= 0.3 is 5.97 Å². The van der Waals surface area contributed by atoms with Crippen LogP contribution in [0.5, 0.6) is 0 Å². The fourth-order valence-corrected chi connectivity index (χ4v) is 1.43. The molecule has 0 aromatic carbocycles. The van der Waals surface area contributed by atoms with Crippen molar-refractivity contribution in [3.8, 4) is 0 Å². The maximum absolute atomic E-state index is 10.8. The van der Waals surface area contributed by atoms with Crippen LogP contribution < -0.4 is 5.32 Å². The molecule has 90 valence electrons. The van der Waals surface area contributed by atoms with Gasteiger partial charge < -0.3 is 10.4 Å². The van der Waals surface area contributed by atoms with Crippen LogP contribution in [-0.4, -0.2) is 26.9 Å². The highest BCUT2D eigenvalue weighted by molar-refractivity contribution is 5.85. The molecule has 0 aliphatic heterocycles. The van der Waals surface area contributed by atoms with Gasteiger partial charge in [0.15, 0.2) is 5.69 Å². The fraction of sp³-hybridized carbons (Fsp3) is 0.636. The average Bonchev–Trinajstić information content (AvgIpc) is 2.58. The normalized spacial score (nSPS) is 11.4. The van der Waals surface area contributed by atoms with Gasteiger partial charge in [0, 0.05) is 18.6 Å². The largest absolute Gasteiger partial charge is 0.476 e. The van der Waals surface area contributed by atoms with E-state index in [-0.39, 0.29) is 11.7 Å². The van der Waals surface area contributed by atoms with Crippen LogP contribution in [0.3, 0.4) is 0 Å². The first kappa shape index (κ1) is 12.7. The lowest BCUT2D eigenvalue weighted by atomic mass is 10.3. The molecule has 0 amide bonds. The minimum atomic E-state index is -0.981. The molecule has 5 heteroatoms. The highest BCUT2D eigenvalue weighted by Crippen LogP contribution is 2.11. The lowest BCUT2D eigenvalue weighted by molar-refractivity contribution is 0.0689. The number of hydrogen-bond acceptors (Lipinski definition) is 3. The topological polar surface area (TPSA) is 67.2 Å². The Morgan fingerprint density at radius 1 is 1.50 bits per heavy atom. The van der Waals surface area contributed by atoms with Gasteiger partial charge in [0.25, 0.3) is 0 Å². The van der Waals surface area contributed by atoms with Crippen molar-refractivity contribution in [3.63, 3.8) is 0 Å². The van der Waals surface area contributed by atoms with Crippen LogP contribution >= 0.6 is 0 Å². The standard InChI is InChI=1S/C11H19N3O2/c1-7(2)12-6-9-5-10(11(15)16)13-14(9)8(3)4/h5,7-8,12H,6H2,1-4H3,(H,15,16). The van der Waals surface area contributed by atoms with Gasteiger partial charge in [-0.25, -0.2) is 4.79 Å². The molecule has 0 unspecified atom stereocenters. The van der Waals surface area contributed by atoms with Crippen molar-refractivity contribution in [2.75, 3.05) is 0 Å². The zero-order valence-electron chi connectivity index (χ0n) is 10.2. The van der Waals surface area contributed by atoms with Gasteiger partial charge in [0.1, 0.15) is 0 Å². The zero-order chi connectivity index (χ0) is 12.3. The van der Waals surface area contributed by atoms with Crippen LogP contribution in [0.4, 0.5) is 0 Å². The molecule has 1 aromatic rings. The lowest BCUT2D eigenvalue weighted by Gasteiger charge is -2.12. The van der Waals surface area contributed by atoms with Gasteiger partial charge in [-0.1, -0.05) is 13.8 Å². The SMILES string of the molecule is CC(C)NCc1cc(C(=O)O)nn1C(C)C. The predicted molar refractivity (Wildman–Crippen MR) is 61.5 cm³/mol. The summed E-state index contributed by atoms with van der Waals surface area (Å²) in [5.74, 6) is -0.981. The second kappa shape index (κ2) is 5.12. The van der Waals surface area contributed by atoms with E-state index in [9.17, 15) is 4.79 Å².